The van der Waals surface area contributed by atoms with Crippen molar-refractivity contribution in [1.29, 1.82) is 0 Å². The van der Waals surface area contributed by atoms with Crippen molar-refractivity contribution in [2.24, 2.45) is 0 Å². The average Bonchev–Trinajstić information content (AvgIpc) is 2.60. The highest BCUT2D eigenvalue weighted by Gasteiger charge is 2.07. The lowest BCUT2D eigenvalue weighted by Crippen LogP contribution is -2.40. The maximum atomic E-state index is 12.0. The number of nitrogens with one attached hydrogen (secondary N) is 1. The summed E-state index contributed by atoms with van der Waals surface area (Å²) in [4.78, 5) is 17.6. The molecule has 24 heavy (non-hydrogen) atoms. The lowest BCUT2D eigenvalue weighted by molar-refractivity contribution is 0.206. The number of benzene rings is 1. The Morgan fingerprint density at radius 1 is 1.29 bits per heavy atom. The van der Waals surface area contributed by atoms with Crippen molar-refractivity contribution in [3.63, 3.8) is 0 Å². The number of aromatic nitrogens is 1. The Labute approximate surface area is 147 Å². The molecule has 2 aromatic rings. The molecule has 0 fully saturated rings. The highest BCUT2D eigenvalue weighted by molar-refractivity contribution is 6.31. The van der Waals surface area contributed by atoms with E-state index >= 15 is 0 Å². The zero-order valence-corrected chi connectivity index (χ0v) is 14.7. The van der Waals surface area contributed by atoms with Crippen LogP contribution in [0.25, 0.3) is 0 Å². The molecule has 1 aromatic carbocycles. The van der Waals surface area contributed by atoms with Crippen LogP contribution in [0.2, 0.25) is 5.02 Å². The second-order valence-electron chi connectivity index (χ2n) is 5.52. The third kappa shape index (κ3) is 5.74. The summed E-state index contributed by atoms with van der Waals surface area (Å²) in [6.07, 6.45) is 4.31. The van der Waals surface area contributed by atoms with E-state index in [2.05, 4.69) is 10.3 Å². The largest absolute Gasteiger partial charge is 0.492 e. The number of nitrogens with zero attached hydrogens (tertiary/aromatic N) is 2. The van der Waals surface area contributed by atoms with Crippen molar-refractivity contribution in [3.8, 4) is 5.75 Å². The predicted molar refractivity (Wildman–Crippen MR) is 95.7 cm³/mol. The van der Waals surface area contributed by atoms with Gasteiger partial charge in [0.1, 0.15) is 12.4 Å². The van der Waals surface area contributed by atoms with E-state index in [4.69, 9.17) is 16.3 Å². The number of likely N-dealkylation sites (N-methyl/N-ethyl adjacent to an activating group) is 1. The number of hydrogen-bond acceptors (Lipinski definition) is 3. The zero-order valence-electron chi connectivity index (χ0n) is 14.0. The van der Waals surface area contributed by atoms with E-state index in [0.29, 0.717) is 24.7 Å². The summed E-state index contributed by atoms with van der Waals surface area (Å²) in [7, 11) is 1.78. The quantitative estimate of drug-likeness (QED) is 0.782. The fourth-order valence-corrected chi connectivity index (χ4v) is 2.23. The molecule has 0 aliphatic carbocycles. The summed E-state index contributed by atoms with van der Waals surface area (Å²) in [6.45, 7) is 3.42. The third-order valence-electron chi connectivity index (χ3n) is 3.61. The number of halogens is 1. The number of urea groups is 1. The molecule has 0 unspecified atom stereocenters. The summed E-state index contributed by atoms with van der Waals surface area (Å²) in [6, 6.07) is 9.29. The number of ether oxygens (including phenoxy) is 1. The molecule has 0 aliphatic rings. The van der Waals surface area contributed by atoms with E-state index in [1.54, 1.807) is 30.4 Å². The van der Waals surface area contributed by atoms with Crippen LogP contribution >= 0.6 is 11.6 Å². The Morgan fingerprint density at radius 2 is 2.04 bits per heavy atom. The van der Waals surface area contributed by atoms with Gasteiger partial charge >= 0.3 is 6.03 Å². The van der Waals surface area contributed by atoms with Crippen LogP contribution in [0.1, 0.15) is 11.1 Å². The molecule has 128 valence electrons. The van der Waals surface area contributed by atoms with Crippen LogP contribution in [0.4, 0.5) is 4.79 Å². The first-order valence-corrected chi connectivity index (χ1v) is 8.21. The fraction of sp³-hybridized carbons (Fsp3) is 0.333. The van der Waals surface area contributed by atoms with Crippen molar-refractivity contribution in [1.82, 2.24) is 15.2 Å². The SMILES string of the molecule is Cc1cc(OCCNC(=O)N(C)CCc2ccncc2)ccc1Cl. The first-order valence-electron chi connectivity index (χ1n) is 7.83. The molecular formula is C18H22ClN3O2. The molecule has 6 heteroatoms. The van der Waals surface area contributed by atoms with Crippen LogP contribution in [0.5, 0.6) is 5.75 Å². The second kappa shape index (κ2) is 9.13. The Balaban J connectivity index is 1.66. The van der Waals surface area contributed by atoms with Crippen molar-refractivity contribution >= 4 is 17.6 Å². The molecule has 0 spiro atoms. The highest BCUT2D eigenvalue weighted by atomic mass is 35.5. The maximum absolute atomic E-state index is 12.0. The third-order valence-corrected chi connectivity index (χ3v) is 4.03. The minimum Gasteiger partial charge on any atom is -0.492 e. The number of carbonyl (C=O) groups excluding carboxylic acids is 1. The number of aryl methyl sites for hydroxylation is 1. The summed E-state index contributed by atoms with van der Waals surface area (Å²) in [5.74, 6) is 0.747. The number of rotatable bonds is 7. The maximum Gasteiger partial charge on any atom is 0.317 e. The van der Waals surface area contributed by atoms with Gasteiger partial charge in [-0.15, -0.1) is 0 Å². The van der Waals surface area contributed by atoms with Gasteiger partial charge in [-0.3, -0.25) is 4.98 Å². The standard InChI is InChI=1S/C18H22ClN3O2/c1-14-13-16(3-4-17(14)19)24-12-10-21-18(23)22(2)11-7-15-5-8-20-9-6-15/h3-6,8-9,13H,7,10-12H2,1-2H3,(H,21,23). The van der Waals surface area contributed by atoms with Gasteiger partial charge in [0.2, 0.25) is 0 Å². The lowest BCUT2D eigenvalue weighted by Gasteiger charge is -2.18. The number of carbonyl (C=O) groups is 1. The van der Waals surface area contributed by atoms with Gasteiger partial charge < -0.3 is 15.0 Å². The fourth-order valence-electron chi connectivity index (χ4n) is 2.12. The summed E-state index contributed by atoms with van der Waals surface area (Å²) >= 11 is 5.97. The van der Waals surface area contributed by atoms with Crippen LogP contribution in [0, 0.1) is 6.92 Å². The van der Waals surface area contributed by atoms with Gasteiger partial charge in [0, 0.05) is 31.0 Å². The van der Waals surface area contributed by atoms with Gasteiger partial charge in [-0.1, -0.05) is 11.6 Å². The Hall–Kier alpha value is -2.27. The van der Waals surface area contributed by atoms with E-state index in [0.717, 1.165) is 23.3 Å². The molecule has 5 nitrogen and oxygen atoms in total. The minimum absolute atomic E-state index is 0.111. The van der Waals surface area contributed by atoms with Crippen molar-refractivity contribution in [3.05, 3.63) is 58.9 Å². The molecule has 0 saturated carbocycles. The van der Waals surface area contributed by atoms with Gasteiger partial charge in [-0.05, 0) is 54.8 Å². The Morgan fingerprint density at radius 3 is 2.75 bits per heavy atom. The first-order chi connectivity index (χ1) is 11.6. The van der Waals surface area contributed by atoms with Crippen LogP contribution in [-0.4, -0.2) is 42.7 Å². The summed E-state index contributed by atoms with van der Waals surface area (Å²) in [5.41, 5.74) is 2.13. The Kier molecular flexibility index (Phi) is 6.88. The monoisotopic (exact) mass is 347 g/mol. The molecule has 1 aromatic heterocycles. The predicted octanol–water partition coefficient (Wildman–Crippen LogP) is 3.31. The minimum atomic E-state index is -0.111. The van der Waals surface area contributed by atoms with Gasteiger partial charge in [0.15, 0.2) is 0 Å². The Bertz CT molecular complexity index is 665. The lowest BCUT2D eigenvalue weighted by atomic mass is 10.2. The van der Waals surface area contributed by atoms with Crippen LogP contribution in [0.15, 0.2) is 42.7 Å². The zero-order chi connectivity index (χ0) is 17.4. The smallest absolute Gasteiger partial charge is 0.317 e. The van der Waals surface area contributed by atoms with Crippen molar-refractivity contribution in [2.45, 2.75) is 13.3 Å². The number of pyridine rings is 1. The number of hydrogen-bond donors (Lipinski definition) is 1. The van der Waals surface area contributed by atoms with Gasteiger partial charge in [0.05, 0.1) is 6.54 Å². The normalized spacial score (nSPS) is 10.3. The molecule has 1 heterocycles. The van der Waals surface area contributed by atoms with Gasteiger partial charge in [-0.25, -0.2) is 4.79 Å². The van der Waals surface area contributed by atoms with E-state index in [9.17, 15) is 4.79 Å². The second-order valence-corrected chi connectivity index (χ2v) is 5.93. The average molecular weight is 348 g/mol. The van der Waals surface area contributed by atoms with E-state index in [1.165, 1.54) is 0 Å². The van der Waals surface area contributed by atoms with E-state index in [1.807, 2.05) is 31.2 Å². The first kappa shape index (κ1) is 18.1. The van der Waals surface area contributed by atoms with E-state index in [-0.39, 0.29) is 6.03 Å². The summed E-state index contributed by atoms with van der Waals surface area (Å²) < 4.78 is 5.60. The molecular weight excluding hydrogens is 326 g/mol. The van der Waals surface area contributed by atoms with Crippen LogP contribution in [0.3, 0.4) is 0 Å². The number of amides is 2. The van der Waals surface area contributed by atoms with Gasteiger partial charge in [0.25, 0.3) is 0 Å². The summed E-state index contributed by atoms with van der Waals surface area (Å²) in [5, 5.41) is 3.55. The molecule has 0 saturated heterocycles. The highest BCUT2D eigenvalue weighted by Crippen LogP contribution is 2.20. The van der Waals surface area contributed by atoms with Gasteiger partial charge in [-0.2, -0.15) is 0 Å². The molecule has 2 rings (SSSR count). The molecule has 1 N–H and O–H groups in total. The van der Waals surface area contributed by atoms with Crippen molar-refractivity contribution in [2.75, 3.05) is 26.7 Å². The van der Waals surface area contributed by atoms with E-state index < -0.39 is 0 Å². The van der Waals surface area contributed by atoms with Crippen LogP contribution in [-0.2, 0) is 6.42 Å². The molecule has 0 radical (unpaired) electrons. The van der Waals surface area contributed by atoms with Crippen molar-refractivity contribution < 1.29 is 9.53 Å². The molecule has 0 aliphatic heterocycles. The van der Waals surface area contributed by atoms with Crippen LogP contribution < -0.4 is 10.1 Å². The topological polar surface area (TPSA) is 54.5 Å². The molecule has 0 bridgehead atoms. The molecule has 0 atom stereocenters. The molecule has 2 amide bonds.